The van der Waals surface area contributed by atoms with E-state index in [1.165, 1.54) is 6.07 Å². The van der Waals surface area contributed by atoms with Crippen molar-refractivity contribution in [1.82, 2.24) is 0 Å². The molecule has 0 saturated carbocycles. The summed E-state index contributed by atoms with van der Waals surface area (Å²) in [5.74, 6) is -0.441. The first kappa shape index (κ1) is 8.40. The maximum Gasteiger partial charge on any atom is 0.153 e. The molecule has 58 valence electrons. The minimum Gasteiger partial charge on any atom is -0.298 e. The van der Waals surface area contributed by atoms with Gasteiger partial charge >= 0.3 is 0 Å². The second-order valence-electron chi connectivity index (χ2n) is 2.24. The Morgan fingerprint density at radius 1 is 1.55 bits per heavy atom. The Bertz CT molecular complexity index is 296. The van der Waals surface area contributed by atoms with Crippen LogP contribution in [0.2, 0.25) is 0 Å². The Morgan fingerprint density at radius 3 is 2.73 bits per heavy atom. The minimum absolute atomic E-state index is 0.0943. The van der Waals surface area contributed by atoms with Crippen LogP contribution < -0.4 is 0 Å². The molecule has 1 rings (SSSR count). The summed E-state index contributed by atoms with van der Waals surface area (Å²) in [5, 5.41) is 0. The molecule has 0 heterocycles. The highest BCUT2D eigenvalue weighted by Crippen LogP contribution is 2.17. The highest BCUT2D eigenvalue weighted by molar-refractivity contribution is 9.10. The van der Waals surface area contributed by atoms with Gasteiger partial charge in [-0.1, -0.05) is 15.9 Å². The average Bonchev–Trinajstić information content (AvgIpc) is 1.96. The van der Waals surface area contributed by atoms with E-state index in [2.05, 4.69) is 15.9 Å². The fourth-order valence-corrected chi connectivity index (χ4v) is 1.43. The van der Waals surface area contributed by atoms with E-state index in [0.29, 0.717) is 11.8 Å². The summed E-state index contributed by atoms with van der Waals surface area (Å²) in [6, 6.07) is 3.08. The van der Waals surface area contributed by atoms with Crippen molar-refractivity contribution >= 4 is 22.2 Å². The van der Waals surface area contributed by atoms with Gasteiger partial charge in [-0.15, -0.1) is 0 Å². The minimum atomic E-state index is -0.441. The largest absolute Gasteiger partial charge is 0.298 e. The Kier molecular flexibility index (Phi) is 2.39. The summed E-state index contributed by atoms with van der Waals surface area (Å²) in [4.78, 5) is 10.3. The van der Waals surface area contributed by atoms with Gasteiger partial charge < -0.3 is 0 Å². The number of aldehydes is 1. The van der Waals surface area contributed by atoms with E-state index < -0.39 is 5.82 Å². The van der Waals surface area contributed by atoms with Crippen molar-refractivity contribution in [2.75, 3.05) is 0 Å². The number of carbonyl (C=O) groups excluding carboxylic acids is 1. The van der Waals surface area contributed by atoms with Crippen LogP contribution in [0.5, 0.6) is 0 Å². The molecule has 0 unspecified atom stereocenters. The lowest BCUT2D eigenvalue weighted by atomic mass is 10.1. The van der Waals surface area contributed by atoms with Crippen molar-refractivity contribution in [3.8, 4) is 0 Å². The maximum absolute atomic E-state index is 12.9. The van der Waals surface area contributed by atoms with Crippen molar-refractivity contribution in [3.05, 3.63) is 33.5 Å². The molecule has 11 heavy (non-hydrogen) atoms. The second kappa shape index (κ2) is 3.13. The maximum atomic E-state index is 12.9. The van der Waals surface area contributed by atoms with Gasteiger partial charge in [0.05, 0.1) is 5.56 Å². The lowest BCUT2D eigenvalue weighted by Crippen LogP contribution is -1.90. The molecule has 0 aliphatic carbocycles. The van der Waals surface area contributed by atoms with Gasteiger partial charge in [-0.25, -0.2) is 4.39 Å². The second-order valence-corrected chi connectivity index (χ2v) is 3.16. The molecule has 0 saturated heterocycles. The van der Waals surface area contributed by atoms with Gasteiger partial charge in [0.15, 0.2) is 6.29 Å². The normalized spacial score (nSPS) is 9.73. The van der Waals surface area contributed by atoms with E-state index in [0.717, 1.165) is 4.47 Å². The molecule has 0 aromatic heterocycles. The van der Waals surface area contributed by atoms with Crippen LogP contribution in [0.15, 0.2) is 16.6 Å². The van der Waals surface area contributed by atoms with Crippen molar-refractivity contribution in [2.24, 2.45) is 0 Å². The summed E-state index contributed by atoms with van der Waals surface area (Å²) < 4.78 is 13.7. The molecule has 0 spiro atoms. The lowest BCUT2D eigenvalue weighted by Gasteiger charge is -1.99. The third-order valence-corrected chi connectivity index (χ3v) is 1.83. The number of rotatable bonds is 1. The van der Waals surface area contributed by atoms with E-state index in [-0.39, 0.29) is 5.56 Å². The zero-order valence-corrected chi connectivity index (χ0v) is 7.48. The molecule has 0 atom stereocenters. The molecule has 1 nitrogen and oxygen atoms in total. The molecule has 0 radical (unpaired) electrons. The number of aryl methyl sites for hydroxylation is 1. The Morgan fingerprint density at radius 2 is 2.18 bits per heavy atom. The molecule has 3 heteroatoms. The Hall–Kier alpha value is -0.700. The van der Waals surface area contributed by atoms with Gasteiger partial charge in [0.25, 0.3) is 0 Å². The molecule has 0 amide bonds. The number of carbonyl (C=O) groups is 1. The van der Waals surface area contributed by atoms with Crippen molar-refractivity contribution in [3.63, 3.8) is 0 Å². The highest BCUT2D eigenvalue weighted by atomic mass is 79.9. The van der Waals surface area contributed by atoms with Crippen LogP contribution in [0.3, 0.4) is 0 Å². The van der Waals surface area contributed by atoms with Crippen LogP contribution in [-0.2, 0) is 0 Å². The zero-order valence-electron chi connectivity index (χ0n) is 5.90. The summed E-state index contributed by atoms with van der Waals surface area (Å²) in [6.07, 6.45) is 0.507. The van der Waals surface area contributed by atoms with E-state index in [9.17, 15) is 9.18 Å². The van der Waals surface area contributed by atoms with Gasteiger partial charge in [-0.05, 0) is 24.6 Å². The van der Waals surface area contributed by atoms with Crippen LogP contribution >= 0.6 is 15.9 Å². The molecule has 1 aromatic carbocycles. The first-order valence-electron chi connectivity index (χ1n) is 3.06. The standard InChI is InChI=1S/C8H6BrFO/c1-5-2-7(9)3-6(4-11)8(5)10/h2-4H,1H3. The van der Waals surface area contributed by atoms with E-state index in [4.69, 9.17) is 0 Å². The van der Waals surface area contributed by atoms with Gasteiger partial charge in [-0.3, -0.25) is 4.79 Å². The predicted octanol–water partition coefficient (Wildman–Crippen LogP) is 2.71. The van der Waals surface area contributed by atoms with Crippen molar-refractivity contribution in [1.29, 1.82) is 0 Å². The summed E-state index contributed by atoms with van der Waals surface area (Å²) in [5.41, 5.74) is 0.568. The smallest absolute Gasteiger partial charge is 0.153 e. The Balaban J connectivity index is 3.35. The quantitative estimate of drug-likeness (QED) is 0.661. The molecular weight excluding hydrogens is 211 g/mol. The average molecular weight is 217 g/mol. The van der Waals surface area contributed by atoms with Gasteiger partial charge in [0, 0.05) is 4.47 Å². The van der Waals surface area contributed by atoms with Crippen LogP contribution in [0.25, 0.3) is 0 Å². The molecule has 0 aliphatic heterocycles. The van der Waals surface area contributed by atoms with Crippen molar-refractivity contribution < 1.29 is 9.18 Å². The SMILES string of the molecule is Cc1cc(Br)cc(C=O)c1F. The highest BCUT2D eigenvalue weighted by Gasteiger charge is 2.04. The van der Waals surface area contributed by atoms with Crippen molar-refractivity contribution in [2.45, 2.75) is 6.92 Å². The van der Waals surface area contributed by atoms with Crippen LogP contribution in [-0.4, -0.2) is 6.29 Å². The zero-order chi connectivity index (χ0) is 8.43. The monoisotopic (exact) mass is 216 g/mol. The molecule has 0 N–H and O–H groups in total. The number of hydrogen-bond donors (Lipinski definition) is 0. The van der Waals surface area contributed by atoms with Gasteiger partial charge in [0.2, 0.25) is 0 Å². The van der Waals surface area contributed by atoms with E-state index >= 15 is 0 Å². The molecule has 0 aliphatic rings. The number of benzene rings is 1. The predicted molar refractivity (Wildman–Crippen MR) is 44.2 cm³/mol. The molecule has 1 aromatic rings. The Labute approximate surface area is 72.4 Å². The van der Waals surface area contributed by atoms with E-state index in [1.807, 2.05) is 0 Å². The van der Waals surface area contributed by atoms with E-state index in [1.54, 1.807) is 13.0 Å². The molecule has 0 fully saturated rings. The first-order valence-corrected chi connectivity index (χ1v) is 3.85. The summed E-state index contributed by atoms with van der Waals surface area (Å²) >= 11 is 3.16. The third-order valence-electron chi connectivity index (χ3n) is 1.37. The number of halogens is 2. The van der Waals surface area contributed by atoms with Crippen LogP contribution in [0.1, 0.15) is 15.9 Å². The van der Waals surface area contributed by atoms with Gasteiger partial charge in [0.1, 0.15) is 5.82 Å². The fourth-order valence-electron chi connectivity index (χ4n) is 0.837. The van der Waals surface area contributed by atoms with Gasteiger partial charge in [-0.2, -0.15) is 0 Å². The number of hydrogen-bond acceptors (Lipinski definition) is 1. The lowest BCUT2D eigenvalue weighted by molar-refractivity contribution is 0.111. The third kappa shape index (κ3) is 1.66. The topological polar surface area (TPSA) is 17.1 Å². The fraction of sp³-hybridized carbons (Fsp3) is 0.125. The first-order chi connectivity index (χ1) is 5.15. The molecule has 0 bridgehead atoms. The summed E-state index contributed by atoms with van der Waals surface area (Å²) in [6.45, 7) is 1.62. The summed E-state index contributed by atoms with van der Waals surface area (Å²) in [7, 11) is 0. The molecular formula is C8H6BrFO. The van der Waals surface area contributed by atoms with Crippen LogP contribution in [0.4, 0.5) is 4.39 Å². The van der Waals surface area contributed by atoms with Crippen LogP contribution in [0, 0.1) is 12.7 Å².